The van der Waals surface area contributed by atoms with Crippen molar-refractivity contribution in [3.05, 3.63) is 90.5 Å². The minimum absolute atomic E-state index is 0.101. The predicted octanol–water partition coefficient (Wildman–Crippen LogP) is 4.04. The van der Waals surface area contributed by atoms with Crippen LogP contribution in [0.2, 0.25) is 0 Å². The number of benzene rings is 3. The zero-order chi connectivity index (χ0) is 20.7. The van der Waals surface area contributed by atoms with Crippen LogP contribution < -0.4 is 14.8 Å². The number of hydrogen-bond donors (Lipinski definition) is 2. The molecule has 0 bridgehead atoms. The molecule has 1 amide bonds. The number of rotatable bonds is 7. The monoisotopic (exact) mass is 408 g/mol. The summed E-state index contributed by atoms with van der Waals surface area (Å²) in [6, 6.07) is 22.1. The van der Waals surface area contributed by atoms with Gasteiger partial charge < -0.3 is 10.1 Å². The Morgan fingerprint density at radius 1 is 0.897 bits per heavy atom. The van der Waals surface area contributed by atoms with Crippen molar-refractivity contribution in [1.29, 1.82) is 0 Å². The van der Waals surface area contributed by atoms with Crippen molar-refractivity contribution >= 4 is 27.7 Å². The maximum atomic E-state index is 12.8. The molecule has 3 aromatic rings. The molecule has 0 saturated carbocycles. The predicted molar refractivity (Wildman–Crippen MR) is 113 cm³/mol. The Balaban J connectivity index is 1.79. The molecule has 2 N–H and O–H groups in total. The molecule has 0 aliphatic heterocycles. The van der Waals surface area contributed by atoms with E-state index in [4.69, 9.17) is 4.74 Å². The van der Waals surface area contributed by atoms with Crippen LogP contribution in [0.25, 0.3) is 6.08 Å². The number of sulfonamides is 1. The van der Waals surface area contributed by atoms with Gasteiger partial charge >= 0.3 is 0 Å². The van der Waals surface area contributed by atoms with Gasteiger partial charge in [0.25, 0.3) is 10.0 Å². The highest BCUT2D eigenvalue weighted by Gasteiger charge is 2.16. The molecule has 0 heterocycles. The van der Waals surface area contributed by atoms with Gasteiger partial charge in [-0.3, -0.25) is 9.52 Å². The zero-order valence-electron chi connectivity index (χ0n) is 15.7. The lowest BCUT2D eigenvalue weighted by atomic mass is 10.2. The van der Waals surface area contributed by atoms with Gasteiger partial charge in [-0.25, -0.2) is 8.42 Å². The third-order valence-electron chi connectivity index (χ3n) is 3.97. The molecule has 0 aliphatic rings. The first kappa shape index (κ1) is 20.2. The van der Waals surface area contributed by atoms with E-state index < -0.39 is 10.0 Å². The minimum Gasteiger partial charge on any atom is -0.455 e. The summed E-state index contributed by atoms with van der Waals surface area (Å²) in [6.07, 6.45) is 2.98. The lowest BCUT2D eigenvalue weighted by molar-refractivity contribution is -0.115. The maximum absolute atomic E-state index is 12.8. The molecule has 29 heavy (non-hydrogen) atoms. The van der Waals surface area contributed by atoms with Crippen LogP contribution in [-0.2, 0) is 14.8 Å². The minimum atomic E-state index is -3.81. The van der Waals surface area contributed by atoms with Gasteiger partial charge in [0.05, 0.1) is 10.6 Å². The highest BCUT2D eigenvalue weighted by Crippen LogP contribution is 2.30. The molecular formula is C22H20N2O4S. The average Bonchev–Trinajstić information content (AvgIpc) is 2.74. The maximum Gasteiger partial charge on any atom is 0.262 e. The molecule has 3 rings (SSSR count). The fourth-order valence-corrected chi connectivity index (χ4v) is 3.54. The molecule has 0 atom stereocenters. The number of carbonyl (C=O) groups excluding carboxylic acids is 1. The number of carbonyl (C=O) groups is 1. The van der Waals surface area contributed by atoms with E-state index in [2.05, 4.69) is 10.0 Å². The van der Waals surface area contributed by atoms with Gasteiger partial charge in [0, 0.05) is 13.1 Å². The Bertz CT molecular complexity index is 1110. The molecule has 7 heteroatoms. The van der Waals surface area contributed by atoms with Gasteiger partial charge in [-0.1, -0.05) is 42.5 Å². The molecule has 3 aromatic carbocycles. The van der Waals surface area contributed by atoms with Gasteiger partial charge in [0.15, 0.2) is 5.75 Å². The number of nitrogens with one attached hydrogen (secondary N) is 2. The van der Waals surface area contributed by atoms with Crippen molar-refractivity contribution < 1.29 is 17.9 Å². The van der Waals surface area contributed by atoms with E-state index in [1.807, 2.05) is 18.2 Å². The van der Waals surface area contributed by atoms with E-state index in [9.17, 15) is 13.2 Å². The van der Waals surface area contributed by atoms with Crippen molar-refractivity contribution in [3.8, 4) is 11.5 Å². The number of amides is 1. The van der Waals surface area contributed by atoms with Crippen LogP contribution in [0, 0.1) is 0 Å². The van der Waals surface area contributed by atoms with Crippen molar-refractivity contribution in [1.82, 2.24) is 5.32 Å². The van der Waals surface area contributed by atoms with Gasteiger partial charge in [0.2, 0.25) is 5.91 Å². The summed E-state index contributed by atoms with van der Waals surface area (Å²) >= 11 is 0. The SMILES string of the molecule is CNC(=O)/C=C/c1ccc(S(=O)(=O)Nc2ccccc2Oc2ccccc2)cc1. The number of anilines is 1. The van der Waals surface area contributed by atoms with E-state index in [0.29, 0.717) is 22.7 Å². The van der Waals surface area contributed by atoms with E-state index in [-0.39, 0.29) is 10.8 Å². The van der Waals surface area contributed by atoms with E-state index >= 15 is 0 Å². The van der Waals surface area contributed by atoms with Crippen LogP contribution in [0.4, 0.5) is 5.69 Å². The van der Waals surface area contributed by atoms with Crippen molar-refractivity contribution in [2.24, 2.45) is 0 Å². The number of likely N-dealkylation sites (N-methyl/N-ethyl adjacent to an activating group) is 1. The Hall–Kier alpha value is -3.58. The second-order valence-corrected chi connectivity index (χ2v) is 7.72. The van der Waals surface area contributed by atoms with Crippen molar-refractivity contribution in [3.63, 3.8) is 0 Å². The molecule has 0 saturated heterocycles. The first-order valence-electron chi connectivity index (χ1n) is 8.82. The van der Waals surface area contributed by atoms with Crippen LogP contribution in [0.3, 0.4) is 0 Å². The average molecular weight is 408 g/mol. The van der Waals surface area contributed by atoms with Crippen LogP contribution in [0.1, 0.15) is 5.56 Å². The van der Waals surface area contributed by atoms with E-state index in [1.165, 1.54) is 25.3 Å². The largest absolute Gasteiger partial charge is 0.455 e. The summed E-state index contributed by atoms with van der Waals surface area (Å²) < 4.78 is 33.9. The van der Waals surface area contributed by atoms with Crippen LogP contribution >= 0.6 is 0 Å². The lowest BCUT2D eigenvalue weighted by Crippen LogP contribution is -2.14. The number of para-hydroxylation sites is 3. The van der Waals surface area contributed by atoms with Gasteiger partial charge in [0.1, 0.15) is 5.75 Å². The summed E-state index contributed by atoms with van der Waals surface area (Å²) in [4.78, 5) is 11.4. The lowest BCUT2D eigenvalue weighted by Gasteiger charge is -2.13. The second-order valence-electron chi connectivity index (χ2n) is 6.03. The van der Waals surface area contributed by atoms with Crippen molar-refractivity contribution in [2.45, 2.75) is 4.90 Å². The van der Waals surface area contributed by atoms with Gasteiger partial charge in [-0.15, -0.1) is 0 Å². The third-order valence-corrected chi connectivity index (χ3v) is 5.35. The fraction of sp³-hybridized carbons (Fsp3) is 0.0455. The Kier molecular flexibility index (Phi) is 6.31. The van der Waals surface area contributed by atoms with Gasteiger partial charge in [-0.2, -0.15) is 0 Å². The molecule has 6 nitrogen and oxygen atoms in total. The molecule has 0 aromatic heterocycles. The summed E-state index contributed by atoms with van der Waals surface area (Å²) in [5.41, 5.74) is 1.04. The third kappa shape index (κ3) is 5.46. The normalized spacial score (nSPS) is 11.2. The smallest absolute Gasteiger partial charge is 0.262 e. The summed E-state index contributed by atoms with van der Waals surface area (Å²) in [6.45, 7) is 0. The zero-order valence-corrected chi connectivity index (χ0v) is 16.5. The van der Waals surface area contributed by atoms with Crippen molar-refractivity contribution in [2.75, 3.05) is 11.8 Å². The Labute approximate surface area is 169 Å². The quantitative estimate of drug-likeness (QED) is 0.578. The summed E-state index contributed by atoms with van der Waals surface area (Å²) in [7, 11) is -2.28. The number of hydrogen-bond acceptors (Lipinski definition) is 4. The molecule has 0 fully saturated rings. The number of ether oxygens (including phenoxy) is 1. The first-order valence-corrected chi connectivity index (χ1v) is 10.3. The molecular weight excluding hydrogens is 388 g/mol. The topological polar surface area (TPSA) is 84.5 Å². The Morgan fingerprint density at radius 2 is 1.55 bits per heavy atom. The van der Waals surface area contributed by atoms with Crippen LogP contribution in [0.5, 0.6) is 11.5 Å². The molecule has 0 radical (unpaired) electrons. The Morgan fingerprint density at radius 3 is 2.24 bits per heavy atom. The highest BCUT2D eigenvalue weighted by molar-refractivity contribution is 7.92. The molecule has 148 valence electrons. The second kappa shape index (κ2) is 9.07. The standard InChI is InChI=1S/C22H20N2O4S/c1-23-22(25)16-13-17-11-14-19(15-12-17)29(26,27)24-20-9-5-6-10-21(20)28-18-7-3-2-4-8-18/h2-16,24H,1H3,(H,23,25)/b16-13+. The van der Waals surface area contributed by atoms with Crippen LogP contribution in [0.15, 0.2) is 89.8 Å². The summed E-state index contributed by atoms with van der Waals surface area (Å²) in [5.74, 6) is 0.761. The van der Waals surface area contributed by atoms with E-state index in [0.717, 1.165) is 0 Å². The van der Waals surface area contributed by atoms with Gasteiger partial charge in [-0.05, 0) is 48.0 Å². The first-order chi connectivity index (χ1) is 14.0. The van der Waals surface area contributed by atoms with Crippen LogP contribution in [-0.4, -0.2) is 21.4 Å². The molecule has 0 aliphatic carbocycles. The van der Waals surface area contributed by atoms with E-state index in [1.54, 1.807) is 54.6 Å². The highest BCUT2D eigenvalue weighted by atomic mass is 32.2. The molecule has 0 unspecified atom stereocenters. The summed E-state index contributed by atoms with van der Waals surface area (Å²) in [5, 5.41) is 2.48. The molecule has 0 spiro atoms. The fourth-order valence-electron chi connectivity index (χ4n) is 2.47.